The van der Waals surface area contributed by atoms with Crippen molar-refractivity contribution < 1.29 is 9.32 Å². The van der Waals surface area contributed by atoms with E-state index >= 15 is 0 Å². The Kier molecular flexibility index (Phi) is 4.85. The molecule has 3 aromatic rings. The molecule has 1 aliphatic rings. The van der Waals surface area contributed by atoms with Gasteiger partial charge in [-0.05, 0) is 51.1 Å². The van der Waals surface area contributed by atoms with E-state index < -0.39 is 0 Å². The van der Waals surface area contributed by atoms with E-state index in [9.17, 15) is 4.79 Å². The van der Waals surface area contributed by atoms with Crippen LogP contribution in [0, 0.1) is 12.8 Å². The summed E-state index contributed by atoms with van der Waals surface area (Å²) in [6, 6.07) is 9.23. The number of nitrogens with one attached hydrogen (secondary N) is 1. The summed E-state index contributed by atoms with van der Waals surface area (Å²) in [7, 11) is 1.94. The SMILES string of the molecule is CNCC1CCN(C(=O)c2cc(-c3cccc(Cl)c3)nc3onc(C)c23)C1. The minimum absolute atomic E-state index is 0.00409. The summed E-state index contributed by atoms with van der Waals surface area (Å²) in [5.74, 6) is 0.475. The lowest BCUT2D eigenvalue weighted by atomic mass is 10.0. The summed E-state index contributed by atoms with van der Waals surface area (Å²) in [6.45, 7) is 4.25. The molecule has 1 fully saturated rings. The number of rotatable bonds is 4. The zero-order chi connectivity index (χ0) is 19.0. The number of aryl methyl sites for hydroxylation is 1. The number of likely N-dealkylation sites (tertiary alicyclic amines) is 1. The van der Waals surface area contributed by atoms with Crippen LogP contribution >= 0.6 is 11.6 Å². The summed E-state index contributed by atoms with van der Waals surface area (Å²) in [5, 5.41) is 8.51. The maximum Gasteiger partial charge on any atom is 0.259 e. The molecule has 6 nitrogen and oxygen atoms in total. The zero-order valence-corrected chi connectivity index (χ0v) is 16.1. The van der Waals surface area contributed by atoms with Gasteiger partial charge in [0.2, 0.25) is 0 Å². The number of nitrogens with zero attached hydrogens (tertiary/aromatic N) is 3. The molecule has 1 saturated heterocycles. The van der Waals surface area contributed by atoms with E-state index in [-0.39, 0.29) is 5.91 Å². The standard InChI is InChI=1S/C20H21ClN4O2/c1-12-18-16(20(26)25-7-6-13(11-25)10-22-2)9-17(23-19(18)27-24-12)14-4-3-5-15(21)8-14/h3-5,8-9,13,22H,6-7,10-11H2,1-2H3. The molecule has 1 aliphatic heterocycles. The number of carbonyl (C=O) groups is 1. The van der Waals surface area contributed by atoms with Crippen LogP contribution in [-0.2, 0) is 0 Å². The van der Waals surface area contributed by atoms with Crippen molar-refractivity contribution in [3.8, 4) is 11.3 Å². The fourth-order valence-corrected chi connectivity index (χ4v) is 3.89. The summed E-state index contributed by atoms with van der Waals surface area (Å²) in [6.07, 6.45) is 1.00. The van der Waals surface area contributed by atoms with Crippen molar-refractivity contribution >= 4 is 28.6 Å². The third-order valence-corrected chi connectivity index (χ3v) is 5.27. The third-order valence-electron chi connectivity index (χ3n) is 5.03. The first-order valence-corrected chi connectivity index (χ1v) is 9.41. The molecule has 1 amide bonds. The largest absolute Gasteiger partial charge is 0.338 e. The number of pyridine rings is 1. The van der Waals surface area contributed by atoms with Gasteiger partial charge in [0.1, 0.15) is 0 Å². The lowest BCUT2D eigenvalue weighted by Crippen LogP contribution is -2.30. The van der Waals surface area contributed by atoms with Gasteiger partial charge < -0.3 is 14.7 Å². The Bertz CT molecular complexity index is 1000. The van der Waals surface area contributed by atoms with Crippen LogP contribution in [0.3, 0.4) is 0 Å². The van der Waals surface area contributed by atoms with Gasteiger partial charge >= 0.3 is 0 Å². The van der Waals surface area contributed by atoms with Crippen LogP contribution in [0.15, 0.2) is 34.9 Å². The normalized spacial score (nSPS) is 17.0. The van der Waals surface area contributed by atoms with Crippen molar-refractivity contribution in [2.45, 2.75) is 13.3 Å². The van der Waals surface area contributed by atoms with Gasteiger partial charge in [-0.3, -0.25) is 4.79 Å². The molecule has 0 spiro atoms. The topological polar surface area (TPSA) is 71.3 Å². The average Bonchev–Trinajstić information content (AvgIpc) is 3.28. The van der Waals surface area contributed by atoms with Crippen molar-refractivity contribution in [2.75, 3.05) is 26.7 Å². The monoisotopic (exact) mass is 384 g/mol. The predicted molar refractivity (Wildman–Crippen MR) is 105 cm³/mol. The van der Waals surface area contributed by atoms with Crippen molar-refractivity contribution in [3.63, 3.8) is 0 Å². The van der Waals surface area contributed by atoms with Gasteiger partial charge in [0.25, 0.3) is 11.6 Å². The molecular formula is C20H21ClN4O2. The molecule has 2 aromatic heterocycles. The van der Waals surface area contributed by atoms with Gasteiger partial charge in [0.15, 0.2) is 0 Å². The van der Waals surface area contributed by atoms with Crippen molar-refractivity contribution in [1.82, 2.24) is 20.4 Å². The number of hydrogen-bond donors (Lipinski definition) is 1. The number of benzene rings is 1. The number of amides is 1. The molecule has 140 valence electrons. The van der Waals surface area contributed by atoms with E-state index in [2.05, 4.69) is 15.5 Å². The molecule has 0 aliphatic carbocycles. The molecule has 0 radical (unpaired) electrons. The van der Waals surface area contributed by atoms with Crippen LogP contribution in [0.5, 0.6) is 0 Å². The van der Waals surface area contributed by atoms with Gasteiger partial charge in [0, 0.05) is 23.7 Å². The van der Waals surface area contributed by atoms with E-state index in [0.717, 1.165) is 31.6 Å². The first kappa shape index (κ1) is 17.9. The first-order chi connectivity index (χ1) is 13.1. The highest BCUT2D eigenvalue weighted by Crippen LogP contribution is 2.30. The van der Waals surface area contributed by atoms with Gasteiger partial charge in [-0.25, -0.2) is 4.98 Å². The van der Waals surface area contributed by atoms with E-state index in [0.29, 0.717) is 39.0 Å². The molecular weight excluding hydrogens is 364 g/mol. The van der Waals surface area contributed by atoms with Gasteiger partial charge in [-0.2, -0.15) is 0 Å². The van der Waals surface area contributed by atoms with Crippen LogP contribution in [-0.4, -0.2) is 47.6 Å². The molecule has 27 heavy (non-hydrogen) atoms. The second kappa shape index (κ2) is 7.29. The minimum atomic E-state index is -0.00409. The summed E-state index contributed by atoms with van der Waals surface area (Å²) < 4.78 is 5.38. The Morgan fingerprint density at radius 1 is 1.41 bits per heavy atom. The molecule has 7 heteroatoms. The molecule has 1 aromatic carbocycles. The average molecular weight is 385 g/mol. The van der Waals surface area contributed by atoms with Crippen LogP contribution in [0.2, 0.25) is 5.02 Å². The molecule has 0 saturated carbocycles. The molecule has 1 atom stereocenters. The second-order valence-electron chi connectivity index (χ2n) is 6.98. The molecule has 3 heterocycles. The highest BCUT2D eigenvalue weighted by molar-refractivity contribution is 6.30. The van der Waals surface area contributed by atoms with Crippen LogP contribution in [0.1, 0.15) is 22.5 Å². The smallest absolute Gasteiger partial charge is 0.259 e. The lowest BCUT2D eigenvalue weighted by Gasteiger charge is -2.17. The number of halogens is 1. The number of carbonyl (C=O) groups excluding carboxylic acids is 1. The lowest BCUT2D eigenvalue weighted by molar-refractivity contribution is 0.0789. The number of fused-ring (bicyclic) bond motifs is 1. The predicted octanol–water partition coefficient (Wildman–Crippen LogP) is 3.53. The highest BCUT2D eigenvalue weighted by atomic mass is 35.5. The molecule has 1 unspecified atom stereocenters. The van der Waals surface area contributed by atoms with Crippen molar-refractivity contribution in [1.29, 1.82) is 0 Å². The van der Waals surface area contributed by atoms with Gasteiger partial charge in [0.05, 0.1) is 22.3 Å². The van der Waals surface area contributed by atoms with E-state index in [1.165, 1.54) is 0 Å². The second-order valence-corrected chi connectivity index (χ2v) is 7.41. The summed E-state index contributed by atoms with van der Waals surface area (Å²) >= 11 is 6.12. The van der Waals surface area contributed by atoms with Crippen LogP contribution in [0.25, 0.3) is 22.4 Å². The fraction of sp³-hybridized carbons (Fsp3) is 0.350. The number of hydrogen-bond acceptors (Lipinski definition) is 5. The Balaban J connectivity index is 1.77. The van der Waals surface area contributed by atoms with Gasteiger partial charge in [-0.1, -0.05) is 28.9 Å². The van der Waals surface area contributed by atoms with Crippen LogP contribution < -0.4 is 5.32 Å². The quantitative estimate of drug-likeness (QED) is 0.745. The fourth-order valence-electron chi connectivity index (χ4n) is 3.70. The third kappa shape index (κ3) is 3.42. The van der Waals surface area contributed by atoms with E-state index in [1.54, 1.807) is 6.07 Å². The maximum absolute atomic E-state index is 13.3. The Hall–Kier alpha value is -2.44. The Labute approximate surface area is 162 Å². The highest BCUT2D eigenvalue weighted by Gasteiger charge is 2.29. The summed E-state index contributed by atoms with van der Waals surface area (Å²) in [5.41, 5.74) is 3.11. The summed E-state index contributed by atoms with van der Waals surface area (Å²) in [4.78, 5) is 19.8. The number of aromatic nitrogens is 2. The van der Waals surface area contributed by atoms with Gasteiger partial charge in [-0.15, -0.1) is 0 Å². The molecule has 0 bridgehead atoms. The Morgan fingerprint density at radius 3 is 3.04 bits per heavy atom. The van der Waals surface area contributed by atoms with Crippen molar-refractivity contribution in [2.24, 2.45) is 5.92 Å². The Morgan fingerprint density at radius 2 is 2.26 bits per heavy atom. The van der Waals surface area contributed by atoms with E-state index in [4.69, 9.17) is 16.1 Å². The van der Waals surface area contributed by atoms with Crippen LogP contribution in [0.4, 0.5) is 0 Å². The van der Waals surface area contributed by atoms with E-state index in [1.807, 2.05) is 43.1 Å². The minimum Gasteiger partial charge on any atom is -0.338 e. The van der Waals surface area contributed by atoms with Crippen molar-refractivity contribution in [3.05, 3.63) is 46.6 Å². The molecule has 4 rings (SSSR count). The first-order valence-electron chi connectivity index (χ1n) is 9.03. The molecule has 1 N–H and O–H groups in total. The zero-order valence-electron chi connectivity index (χ0n) is 15.3. The maximum atomic E-state index is 13.3.